The molecule has 2 aromatic rings. The van der Waals surface area contributed by atoms with Gasteiger partial charge in [-0.25, -0.2) is 15.8 Å². The van der Waals surface area contributed by atoms with Gasteiger partial charge < -0.3 is 10.3 Å². The van der Waals surface area contributed by atoms with E-state index in [1.807, 2.05) is 37.1 Å². The van der Waals surface area contributed by atoms with Gasteiger partial charge >= 0.3 is 0 Å². The van der Waals surface area contributed by atoms with E-state index in [0.717, 1.165) is 11.4 Å². The van der Waals surface area contributed by atoms with Crippen molar-refractivity contribution in [2.45, 2.75) is 13.5 Å². The topological polar surface area (TPSA) is 90.9 Å². The Hall–Kier alpha value is -2.65. The number of nitrogens with zero attached hydrogens (tertiary/aromatic N) is 4. The first-order valence-electron chi connectivity index (χ1n) is 6.15. The van der Waals surface area contributed by atoms with E-state index in [0.29, 0.717) is 23.8 Å². The second kappa shape index (κ2) is 5.99. The third kappa shape index (κ3) is 3.22. The summed E-state index contributed by atoms with van der Waals surface area (Å²) >= 11 is 0. The molecular formula is C14H16N6. The van der Waals surface area contributed by atoms with Gasteiger partial charge in [-0.05, 0) is 24.6 Å². The third-order valence-electron chi connectivity index (χ3n) is 2.84. The maximum absolute atomic E-state index is 8.91. The fourth-order valence-electron chi connectivity index (χ4n) is 1.92. The molecule has 0 fully saturated rings. The van der Waals surface area contributed by atoms with Crippen LogP contribution in [0, 0.1) is 18.3 Å². The van der Waals surface area contributed by atoms with Crippen molar-refractivity contribution in [3.63, 3.8) is 0 Å². The van der Waals surface area contributed by atoms with Crippen LogP contribution in [0.5, 0.6) is 0 Å². The van der Waals surface area contributed by atoms with Gasteiger partial charge in [-0.3, -0.25) is 0 Å². The minimum atomic E-state index is 0.574. The molecular weight excluding hydrogens is 252 g/mol. The fourth-order valence-corrected chi connectivity index (χ4v) is 1.92. The highest BCUT2D eigenvalue weighted by Crippen LogP contribution is 2.16. The van der Waals surface area contributed by atoms with E-state index in [1.54, 1.807) is 12.1 Å². The lowest BCUT2D eigenvalue weighted by atomic mass is 10.1. The number of aromatic nitrogens is 2. The number of hydrogen-bond acceptors (Lipinski definition) is 6. The number of benzene rings is 1. The van der Waals surface area contributed by atoms with Crippen LogP contribution in [0.15, 0.2) is 30.3 Å². The Bertz CT molecular complexity index is 646. The minimum absolute atomic E-state index is 0.574. The Morgan fingerprint density at radius 2 is 2.15 bits per heavy atom. The molecule has 0 atom stereocenters. The van der Waals surface area contributed by atoms with Crippen LogP contribution < -0.4 is 16.2 Å². The number of aryl methyl sites for hydroxylation is 1. The molecule has 0 radical (unpaired) electrons. The van der Waals surface area contributed by atoms with Crippen LogP contribution >= 0.6 is 0 Å². The molecule has 102 valence electrons. The summed E-state index contributed by atoms with van der Waals surface area (Å²) in [5.41, 5.74) is 4.22. The average molecular weight is 268 g/mol. The van der Waals surface area contributed by atoms with Crippen LogP contribution in [0.4, 0.5) is 11.6 Å². The predicted molar refractivity (Wildman–Crippen MR) is 77.8 cm³/mol. The molecule has 1 aromatic heterocycles. The van der Waals surface area contributed by atoms with Crippen molar-refractivity contribution < 1.29 is 0 Å². The van der Waals surface area contributed by atoms with Crippen LogP contribution in [-0.2, 0) is 6.54 Å². The highest BCUT2D eigenvalue weighted by atomic mass is 15.3. The Balaban J connectivity index is 2.21. The van der Waals surface area contributed by atoms with E-state index >= 15 is 0 Å². The molecule has 0 aliphatic carbocycles. The largest absolute Gasteiger partial charge is 0.355 e. The lowest BCUT2D eigenvalue weighted by molar-refractivity contribution is 0.879. The van der Waals surface area contributed by atoms with E-state index in [4.69, 9.17) is 11.1 Å². The standard InChI is InChI=1S/C14H16N6/c1-10-17-13(19-16)7-14(18-10)20(2)9-12-5-3-4-11(6-12)8-15/h3-7H,9,16H2,1-2H3,(H,17,18,19). The molecule has 0 bridgehead atoms. The summed E-state index contributed by atoms with van der Waals surface area (Å²) in [5, 5.41) is 8.91. The van der Waals surface area contributed by atoms with Gasteiger partial charge in [-0.15, -0.1) is 0 Å². The van der Waals surface area contributed by atoms with Crippen LogP contribution in [0.1, 0.15) is 17.0 Å². The molecule has 1 aromatic carbocycles. The molecule has 6 nitrogen and oxygen atoms in total. The van der Waals surface area contributed by atoms with Gasteiger partial charge in [0.2, 0.25) is 0 Å². The number of anilines is 2. The molecule has 0 spiro atoms. The van der Waals surface area contributed by atoms with Crippen molar-refractivity contribution in [3.8, 4) is 6.07 Å². The molecule has 1 heterocycles. The first-order valence-corrected chi connectivity index (χ1v) is 6.15. The van der Waals surface area contributed by atoms with Crippen molar-refractivity contribution >= 4 is 11.6 Å². The van der Waals surface area contributed by atoms with Gasteiger partial charge in [0.05, 0.1) is 11.6 Å². The van der Waals surface area contributed by atoms with Crippen molar-refractivity contribution in [2.24, 2.45) is 5.84 Å². The Labute approximate surface area is 117 Å². The van der Waals surface area contributed by atoms with Crippen LogP contribution in [0.3, 0.4) is 0 Å². The summed E-state index contributed by atoms with van der Waals surface area (Å²) < 4.78 is 0. The van der Waals surface area contributed by atoms with Gasteiger partial charge in [-0.2, -0.15) is 5.26 Å². The minimum Gasteiger partial charge on any atom is -0.355 e. The van der Waals surface area contributed by atoms with Gasteiger partial charge in [0, 0.05) is 19.7 Å². The van der Waals surface area contributed by atoms with E-state index < -0.39 is 0 Å². The summed E-state index contributed by atoms with van der Waals surface area (Å²) in [6.45, 7) is 2.46. The molecule has 0 saturated heterocycles. The summed E-state index contributed by atoms with van der Waals surface area (Å²) in [4.78, 5) is 10.5. The number of rotatable bonds is 4. The van der Waals surface area contributed by atoms with E-state index in [2.05, 4.69) is 21.5 Å². The molecule has 6 heteroatoms. The van der Waals surface area contributed by atoms with Crippen LogP contribution in [0.2, 0.25) is 0 Å². The first-order chi connectivity index (χ1) is 9.62. The zero-order valence-corrected chi connectivity index (χ0v) is 11.5. The average Bonchev–Trinajstić information content (AvgIpc) is 2.46. The third-order valence-corrected chi connectivity index (χ3v) is 2.84. The van der Waals surface area contributed by atoms with Gasteiger partial charge in [0.1, 0.15) is 17.5 Å². The second-order valence-electron chi connectivity index (χ2n) is 4.47. The summed E-state index contributed by atoms with van der Waals surface area (Å²) in [7, 11) is 1.93. The number of hydrazine groups is 1. The fraction of sp³-hybridized carbons (Fsp3) is 0.214. The number of nitrogens with one attached hydrogen (secondary N) is 1. The van der Waals surface area contributed by atoms with Crippen molar-refractivity contribution in [1.29, 1.82) is 5.26 Å². The van der Waals surface area contributed by atoms with Crippen LogP contribution in [0.25, 0.3) is 0 Å². The molecule has 0 aliphatic rings. The van der Waals surface area contributed by atoms with Crippen LogP contribution in [-0.4, -0.2) is 17.0 Å². The summed E-state index contributed by atoms with van der Waals surface area (Å²) in [6.07, 6.45) is 0. The molecule has 0 aliphatic heterocycles. The summed E-state index contributed by atoms with van der Waals surface area (Å²) in [5.74, 6) is 7.38. The van der Waals surface area contributed by atoms with Crippen molar-refractivity contribution in [1.82, 2.24) is 9.97 Å². The van der Waals surface area contributed by atoms with Crippen molar-refractivity contribution in [3.05, 3.63) is 47.3 Å². The highest BCUT2D eigenvalue weighted by Gasteiger charge is 2.07. The molecule has 2 rings (SSSR count). The van der Waals surface area contributed by atoms with Gasteiger partial charge in [0.25, 0.3) is 0 Å². The van der Waals surface area contributed by atoms with E-state index in [9.17, 15) is 0 Å². The lowest BCUT2D eigenvalue weighted by Crippen LogP contribution is -2.19. The Morgan fingerprint density at radius 3 is 2.85 bits per heavy atom. The zero-order valence-electron chi connectivity index (χ0n) is 11.5. The van der Waals surface area contributed by atoms with Crippen molar-refractivity contribution in [2.75, 3.05) is 17.4 Å². The predicted octanol–water partition coefficient (Wildman–Crippen LogP) is 1.58. The second-order valence-corrected chi connectivity index (χ2v) is 4.47. The maximum atomic E-state index is 8.91. The number of hydrogen-bond donors (Lipinski definition) is 2. The van der Waals surface area contributed by atoms with Gasteiger partial charge in [-0.1, -0.05) is 12.1 Å². The molecule has 20 heavy (non-hydrogen) atoms. The SMILES string of the molecule is Cc1nc(NN)cc(N(C)Cc2cccc(C#N)c2)n1. The van der Waals surface area contributed by atoms with E-state index in [-0.39, 0.29) is 0 Å². The Kier molecular flexibility index (Phi) is 4.13. The molecule has 0 unspecified atom stereocenters. The van der Waals surface area contributed by atoms with E-state index in [1.165, 1.54) is 0 Å². The zero-order chi connectivity index (χ0) is 14.5. The molecule has 3 N–H and O–H groups in total. The number of nitrogen functional groups attached to an aromatic ring is 1. The number of nitrogens with two attached hydrogens (primary N) is 1. The smallest absolute Gasteiger partial charge is 0.145 e. The number of nitriles is 1. The molecule has 0 amide bonds. The lowest BCUT2D eigenvalue weighted by Gasteiger charge is -2.19. The normalized spacial score (nSPS) is 9.90. The Morgan fingerprint density at radius 1 is 1.35 bits per heavy atom. The first kappa shape index (κ1) is 13.8. The van der Waals surface area contributed by atoms with Gasteiger partial charge in [0.15, 0.2) is 0 Å². The quantitative estimate of drug-likeness (QED) is 0.646. The summed E-state index contributed by atoms with van der Waals surface area (Å²) in [6, 6.07) is 11.4. The highest BCUT2D eigenvalue weighted by molar-refractivity contribution is 5.49. The monoisotopic (exact) mass is 268 g/mol. The maximum Gasteiger partial charge on any atom is 0.145 e. The molecule has 0 saturated carbocycles.